The smallest absolute Gasteiger partial charge is 0.407 e. The lowest BCUT2D eigenvalue weighted by molar-refractivity contribution is -0.137. The van der Waals surface area contributed by atoms with E-state index < -0.39 is 12.1 Å². The Hall–Kier alpha value is -3.35. The maximum Gasteiger partial charge on any atom is 0.407 e. The summed E-state index contributed by atoms with van der Waals surface area (Å²) < 4.78 is 5.62. The highest BCUT2D eigenvalue weighted by Crippen LogP contribution is 2.44. The van der Waals surface area contributed by atoms with Gasteiger partial charge in [0.05, 0.1) is 0 Å². The van der Waals surface area contributed by atoms with Gasteiger partial charge in [-0.05, 0) is 53.9 Å². The van der Waals surface area contributed by atoms with Gasteiger partial charge >= 0.3 is 12.1 Å². The molecule has 180 valence electrons. The van der Waals surface area contributed by atoms with Crippen molar-refractivity contribution in [1.82, 2.24) is 10.6 Å². The van der Waals surface area contributed by atoms with Gasteiger partial charge in [-0.2, -0.15) is 0 Å². The van der Waals surface area contributed by atoms with Crippen molar-refractivity contribution in [3.63, 3.8) is 0 Å². The van der Waals surface area contributed by atoms with Gasteiger partial charge in [0.25, 0.3) is 0 Å². The van der Waals surface area contributed by atoms with E-state index in [0.717, 1.165) is 6.42 Å². The van der Waals surface area contributed by atoms with E-state index in [4.69, 9.17) is 9.84 Å². The normalized spacial score (nSPS) is 19.7. The van der Waals surface area contributed by atoms with Crippen molar-refractivity contribution in [1.29, 1.82) is 0 Å². The second-order valence-electron chi connectivity index (χ2n) is 9.46. The van der Waals surface area contributed by atoms with Gasteiger partial charge in [-0.25, -0.2) is 4.79 Å². The van der Waals surface area contributed by atoms with Crippen molar-refractivity contribution in [2.75, 3.05) is 13.2 Å². The molecule has 2 aliphatic rings. The van der Waals surface area contributed by atoms with Gasteiger partial charge in [-0.15, -0.1) is 0 Å². The molecular formula is C27H32N2O5. The fourth-order valence-electron chi connectivity index (χ4n) is 5.05. The number of benzene rings is 2. The molecule has 2 amide bonds. The van der Waals surface area contributed by atoms with Crippen LogP contribution in [-0.2, 0) is 14.3 Å². The van der Waals surface area contributed by atoms with Crippen LogP contribution in [0.5, 0.6) is 0 Å². The number of carboxylic acids is 1. The first-order valence-corrected chi connectivity index (χ1v) is 12.0. The van der Waals surface area contributed by atoms with Crippen LogP contribution in [0.3, 0.4) is 0 Å². The van der Waals surface area contributed by atoms with Gasteiger partial charge in [0.15, 0.2) is 0 Å². The van der Waals surface area contributed by atoms with Gasteiger partial charge in [-0.3, -0.25) is 9.59 Å². The Labute approximate surface area is 199 Å². The third-order valence-electron chi connectivity index (χ3n) is 6.94. The van der Waals surface area contributed by atoms with Crippen LogP contribution in [0.4, 0.5) is 4.79 Å². The van der Waals surface area contributed by atoms with Gasteiger partial charge in [0.1, 0.15) is 6.61 Å². The van der Waals surface area contributed by atoms with Crippen LogP contribution in [0.25, 0.3) is 11.1 Å². The van der Waals surface area contributed by atoms with Crippen LogP contribution in [-0.4, -0.2) is 42.3 Å². The third-order valence-corrected chi connectivity index (χ3v) is 6.94. The Kier molecular flexibility index (Phi) is 7.50. The Morgan fingerprint density at radius 1 is 1.03 bits per heavy atom. The van der Waals surface area contributed by atoms with Crippen LogP contribution in [0.1, 0.15) is 56.1 Å². The molecule has 2 aliphatic carbocycles. The fourth-order valence-corrected chi connectivity index (χ4v) is 5.05. The predicted octanol–water partition coefficient (Wildman–Crippen LogP) is 4.31. The van der Waals surface area contributed by atoms with Crippen molar-refractivity contribution in [2.45, 2.75) is 51.0 Å². The highest BCUT2D eigenvalue weighted by molar-refractivity contribution is 5.80. The molecule has 0 aliphatic heterocycles. The van der Waals surface area contributed by atoms with Gasteiger partial charge in [-0.1, -0.05) is 55.5 Å². The number of carbonyl (C=O) groups excluding carboxylic acids is 2. The first-order chi connectivity index (χ1) is 16.4. The molecule has 3 N–H and O–H groups in total. The molecule has 1 unspecified atom stereocenters. The SMILES string of the molecule is CC(CCC(=O)O)CNC(=O)[C@@H]1CC[C@H](NC(=O)OCC2c3ccccc3-c3ccccc32)C1. The van der Waals surface area contributed by atoms with Crippen molar-refractivity contribution >= 4 is 18.0 Å². The monoisotopic (exact) mass is 464 g/mol. The number of carboxylic acid groups (broad SMARTS) is 1. The summed E-state index contributed by atoms with van der Waals surface area (Å²) in [6.07, 6.45) is 2.22. The molecule has 0 bridgehead atoms. The van der Waals surface area contributed by atoms with E-state index >= 15 is 0 Å². The standard InChI is InChI=1S/C27H32N2O5/c1-17(10-13-25(30)31)15-28-26(32)18-11-12-19(14-18)29-27(33)34-16-24-22-8-4-2-6-20(22)21-7-3-5-9-23(21)24/h2-9,17-19,24H,10-16H2,1H3,(H,28,32)(H,29,33)(H,30,31)/t17?,18-,19+/m1/s1. The maximum atomic E-state index is 12.5. The molecule has 1 fully saturated rings. The van der Waals surface area contributed by atoms with E-state index in [1.807, 2.05) is 31.2 Å². The second kappa shape index (κ2) is 10.7. The average molecular weight is 465 g/mol. The number of ether oxygens (including phenoxy) is 1. The van der Waals surface area contributed by atoms with Crippen molar-refractivity contribution in [3.8, 4) is 11.1 Å². The number of aliphatic carboxylic acids is 1. The molecule has 0 saturated heterocycles. The maximum absolute atomic E-state index is 12.5. The summed E-state index contributed by atoms with van der Waals surface area (Å²) in [5.74, 6) is -0.875. The molecule has 7 nitrogen and oxygen atoms in total. The lowest BCUT2D eigenvalue weighted by atomic mass is 9.98. The molecule has 3 atom stereocenters. The highest BCUT2D eigenvalue weighted by Gasteiger charge is 2.32. The van der Waals surface area contributed by atoms with Crippen LogP contribution in [0.2, 0.25) is 0 Å². The van der Waals surface area contributed by atoms with Crippen LogP contribution < -0.4 is 10.6 Å². The number of nitrogens with one attached hydrogen (secondary N) is 2. The number of alkyl carbamates (subject to hydrolysis) is 1. The zero-order chi connectivity index (χ0) is 24.1. The molecule has 2 aromatic rings. The summed E-state index contributed by atoms with van der Waals surface area (Å²) in [6.45, 7) is 2.66. The van der Waals surface area contributed by atoms with Gasteiger partial charge in [0.2, 0.25) is 5.91 Å². The minimum absolute atomic E-state index is 0.0170. The number of rotatable bonds is 9. The number of fused-ring (bicyclic) bond motifs is 3. The summed E-state index contributed by atoms with van der Waals surface area (Å²) in [6, 6.07) is 16.4. The molecule has 7 heteroatoms. The Morgan fingerprint density at radius 3 is 2.32 bits per heavy atom. The lowest BCUT2D eigenvalue weighted by Crippen LogP contribution is -2.36. The first-order valence-electron chi connectivity index (χ1n) is 12.0. The number of hydrogen-bond donors (Lipinski definition) is 3. The number of amides is 2. The minimum atomic E-state index is -0.823. The molecular weight excluding hydrogens is 432 g/mol. The Morgan fingerprint density at radius 2 is 1.68 bits per heavy atom. The van der Waals surface area contributed by atoms with Crippen molar-refractivity contribution < 1.29 is 24.2 Å². The summed E-state index contributed by atoms with van der Waals surface area (Å²) in [4.78, 5) is 35.7. The van der Waals surface area contributed by atoms with Gasteiger partial charge in [0, 0.05) is 30.8 Å². The molecule has 1 saturated carbocycles. The Balaban J connectivity index is 1.23. The van der Waals surface area contributed by atoms with E-state index in [1.165, 1.54) is 22.3 Å². The quantitative estimate of drug-likeness (QED) is 0.513. The van der Waals surface area contributed by atoms with Crippen molar-refractivity contribution in [3.05, 3.63) is 59.7 Å². The summed E-state index contributed by atoms with van der Waals surface area (Å²) >= 11 is 0. The minimum Gasteiger partial charge on any atom is -0.481 e. The average Bonchev–Trinajstić information content (AvgIpc) is 3.42. The zero-order valence-electron chi connectivity index (χ0n) is 19.5. The van der Waals surface area contributed by atoms with Crippen LogP contribution >= 0.6 is 0 Å². The van der Waals surface area contributed by atoms with E-state index in [-0.39, 0.29) is 42.7 Å². The Bertz CT molecular complexity index is 1010. The molecule has 0 aromatic heterocycles. The summed E-state index contributed by atoms with van der Waals surface area (Å²) in [5, 5.41) is 14.6. The summed E-state index contributed by atoms with van der Waals surface area (Å²) in [7, 11) is 0. The van der Waals surface area contributed by atoms with E-state index in [0.29, 0.717) is 25.8 Å². The largest absolute Gasteiger partial charge is 0.481 e. The summed E-state index contributed by atoms with van der Waals surface area (Å²) in [5.41, 5.74) is 4.72. The molecule has 2 aromatic carbocycles. The topological polar surface area (TPSA) is 105 Å². The van der Waals surface area contributed by atoms with E-state index in [9.17, 15) is 14.4 Å². The first kappa shape index (κ1) is 23.8. The van der Waals surface area contributed by atoms with Gasteiger partial charge < -0.3 is 20.5 Å². The number of carbonyl (C=O) groups is 3. The third kappa shape index (κ3) is 5.58. The van der Waals surface area contributed by atoms with Crippen LogP contribution in [0.15, 0.2) is 48.5 Å². The number of hydrogen-bond acceptors (Lipinski definition) is 4. The lowest BCUT2D eigenvalue weighted by Gasteiger charge is -2.17. The highest BCUT2D eigenvalue weighted by atomic mass is 16.5. The second-order valence-corrected chi connectivity index (χ2v) is 9.46. The molecule has 0 heterocycles. The zero-order valence-corrected chi connectivity index (χ0v) is 19.5. The molecule has 0 radical (unpaired) electrons. The van der Waals surface area contributed by atoms with Crippen LogP contribution in [0, 0.1) is 11.8 Å². The van der Waals surface area contributed by atoms with E-state index in [1.54, 1.807) is 0 Å². The fraction of sp³-hybridized carbons (Fsp3) is 0.444. The molecule has 34 heavy (non-hydrogen) atoms. The predicted molar refractivity (Wildman–Crippen MR) is 128 cm³/mol. The van der Waals surface area contributed by atoms with E-state index in [2.05, 4.69) is 34.9 Å². The molecule has 4 rings (SSSR count). The van der Waals surface area contributed by atoms with Crippen molar-refractivity contribution in [2.24, 2.45) is 11.8 Å². The molecule has 0 spiro atoms.